The second-order valence-corrected chi connectivity index (χ2v) is 11.8. The molecule has 1 saturated heterocycles. The molecule has 1 aliphatic rings. The smallest absolute Gasteiger partial charge is 0.321 e. The summed E-state index contributed by atoms with van der Waals surface area (Å²) >= 11 is 0. The maximum Gasteiger partial charge on any atom is 0.321 e. The average molecular weight is 444 g/mol. The molecule has 168 valence electrons. The van der Waals surface area contributed by atoms with Crippen molar-refractivity contribution in [2.24, 2.45) is 0 Å². The number of likely N-dealkylation sites (tertiary alicyclic amines) is 1. The zero-order chi connectivity index (χ0) is 22.8. The van der Waals surface area contributed by atoms with Crippen LogP contribution in [0, 0.1) is 13.8 Å². The summed E-state index contributed by atoms with van der Waals surface area (Å²) in [6, 6.07) is 13.9. The molecule has 2 amide bonds. The molecule has 6 nitrogen and oxygen atoms in total. The molecule has 0 spiro atoms. The van der Waals surface area contributed by atoms with Crippen LogP contribution < -0.4 is 10.0 Å². The van der Waals surface area contributed by atoms with Gasteiger partial charge in [-0.1, -0.05) is 30.3 Å². The predicted octanol–water partition coefficient (Wildman–Crippen LogP) is 4.68. The van der Waals surface area contributed by atoms with E-state index in [4.69, 9.17) is 0 Å². The molecule has 2 N–H and O–H groups in total. The summed E-state index contributed by atoms with van der Waals surface area (Å²) in [4.78, 5) is 14.4. The number of nitrogens with zero attached hydrogens (tertiary/aromatic N) is 1. The summed E-state index contributed by atoms with van der Waals surface area (Å²) in [7, 11) is -3.38. The quantitative estimate of drug-likeness (QED) is 0.720. The SMILES string of the molecule is Cc1ccc(-c2ccc(NC(=O)N3CCC(NS(=O)(=O)C(C)(C)C)CC3)cc2)cc1C. The molecule has 2 aromatic rings. The molecule has 1 aliphatic heterocycles. The van der Waals surface area contributed by atoms with Crippen LogP contribution in [0.4, 0.5) is 10.5 Å². The van der Waals surface area contributed by atoms with Gasteiger partial charge in [-0.3, -0.25) is 0 Å². The number of sulfonamides is 1. The molecular weight excluding hydrogens is 410 g/mol. The maximum absolute atomic E-state index is 12.6. The maximum atomic E-state index is 12.6. The molecule has 2 aromatic carbocycles. The van der Waals surface area contributed by atoms with Gasteiger partial charge in [0.1, 0.15) is 0 Å². The van der Waals surface area contributed by atoms with Gasteiger partial charge >= 0.3 is 6.03 Å². The molecule has 0 aromatic heterocycles. The number of carbonyl (C=O) groups excluding carboxylic acids is 1. The third kappa shape index (κ3) is 5.66. The zero-order valence-corrected chi connectivity index (χ0v) is 19.8. The number of anilines is 1. The average Bonchev–Trinajstić information content (AvgIpc) is 2.70. The molecule has 0 aliphatic carbocycles. The molecular formula is C24H33N3O3S. The molecule has 0 saturated carbocycles. The first-order valence-corrected chi connectivity index (χ1v) is 12.2. The Morgan fingerprint density at radius 1 is 0.935 bits per heavy atom. The van der Waals surface area contributed by atoms with Crippen molar-refractivity contribution in [2.75, 3.05) is 18.4 Å². The summed E-state index contributed by atoms with van der Waals surface area (Å²) in [5.74, 6) is 0. The fourth-order valence-corrected chi connectivity index (χ4v) is 4.49. The van der Waals surface area contributed by atoms with Crippen molar-refractivity contribution < 1.29 is 13.2 Å². The number of rotatable bonds is 4. The number of urea groups is 1. The van der Waals surface area contributed by atoms with E-state index in [9.17, 15) is 13.2 Å². The van der Waals surface area contributed by atoms with Gasteiger partial charge in [0, 0.05) is 24.8 Å². The molecule has 1 heterocycles. The minimum atomic E-state index is -3.38. The highest BCUT2D eigenvalue weighted by Gasteiger charge is 2.33. The lowest BCUT2D eigenvalue weighted by atomic mass is 10.0. The molecule has 0 unspecified atom stereocenters. The zero-order valence-electron chi connectivity index (χ0n) is 19.0. The highest BCUT2D eigenvalue weighted by molar-refractivity contribution is 7.90. The van der Waals surface area contributed by atoms with E-state index >= 15 is 0 Å². The van der Waals surface area contributed by atoms with E-state index in [0.717, 1.165) is 16.8 Å². The second kappa shape index (κ2) is 9.01. The normalized spacial score (nSPS) is 15.7. The monoisotopic (exact) mass is 443 g/mol. The summed E-state index contributed by atoms with van der Waals surface area (Å²) in [5, 5.41) is 2.95. The van der Waals surface area contributed by atoms with E-state index in [0.29, 0.717) is 25.9 Å². The Hall–Kier alpha value is -2.38. The third-order valence-corrected chi connectivity index (χ3v) is 8.14. The van der Waals surface area contributed by atoms with Gasteiger partial charge in [0.25, 0.3) is 0 Å². The van der Waals surface area contributed by atoms with E-state index < -0.39 is 14.8 Å². The minimum absolute atomic E-state index is 0.134. The molecule has 31 heavy (non-hydrogen) atoms. The number of carbonyl (C=O) groups is 1. The molecule has 3 rings (SSSR count). The Bertz CT molecular complexity index is 1030. The van der Waals surface area contributed by atoms with Gasteiger partial charge < -0.3 is 10.2 Å². The van der Waals surface area contributed by atoms with Crippen molar-refractivity contribution in [3.63, 3.8) is 0 Å². The van der Waals surface area contributed by atoms with Gasteiger partial charge in [0.15, 0.2) is 0 Å². The van der Waals surface area contributed by atoms with Crippen LogP contribution >= 0.6 is 0 Å². The number of hydrogen-bond donors (Lipinski definition) is 2. The summed E-state index contributed by atoms with van der Waals surface area (Å²) in [6.07, 6.45) is 1.21. The summed E-state index contributed by atoms with van der Waals surface area (Å²) < 4.78 is 26.6. The molecule has 0 radical (unpaired) electrons. The predicted molar refractivity (Wildman–Crippen MR) is 127 cm³/mol. The van der Waals surface area contributed by atoms with Crippen LogP contribution in [-0.2, 0) is 10.0 Å². The molecule has 7 heteroatoms. The summed E-state index contributed by atoms with van der Waals surface area (Å²) in [5.41, 5.74) is 5.52. The van der Waals surface area contributed by atoms with Gasteiger partial charge in [0.05, 0.1) is 4.75 Å². The van der Waals surface area contributed by atoms with Crippen molar-refractivity contribution in [1.82, 2.24) is 9.62 Å². The lowest BCUT2D eigenvalue weighted by molar-refractivity contribution is 0.193. The molecule has 0 atom stereocenters. The topological polar surface area (TPSA) is 78.5 Å². The van der Waals surface area contributed by atoms with Crippen LogP contribution in [-0.4, -0.2) is 43.2 Å². The van der Waals surface area contributed by atoms with Gasteiger partial charge in [0.2, 0.25) is 10.0 Å². The fraction of sp³-hybridized carbons (Fsp3) is 0.458. The highest BCUT2D eigenvalue weighted by atomic mass is 32.2. The Morgan fingerprint density at radius 2 is 1.52 bits per heavy atom. The van der Waals surface area contributed by atoms with Crippen LogP contribution in [0.1, 0.15) is 44.7 Å². The lowest BCUT2D eigenvalue weighted by Gasteiger charge is -2.33. The van der Waals surface area contributed by atoms with Crippen molar-refractivity contribution in [1.29, 1.82) is 0 Å². The number of aryl methyl sites for hydroxylation is 2. The first-order chi connectivity index (χ1) is 14.5. The Morgan fingerprint density at radius 3 is 2.06 bits per heavy atom. The van der Waals surface area contributed by atoms with Gasteiger partial charge in [-0.25, -0.2) is 17.9 Å². The van der Waals surface area contributed by atoms with E-state index in [-0.39, 0.29) is 12.1 Å². The molecule has 1 fully saturated rings. The second-order valence-electron chi connectivity index (χ2n) is 9.30. The van der Waals surface area contributed by atoms with Crippen molar-refractivity contribution in [2.45, 2.75) is 58.2 Å². The lowest BCUT2D eigenvalue weighted by Crippen LogP contribution is -2.50. The van der Waals surface area contributed by atoms with Gasteiger partial charge in [-0.05, 0) is 81.8 Å². The largest absolute Gasteiger partial charge is 0.324 e. The Kier molecular flexibility index (Phi) is 6.76. The van der Waals surface area contributed by atoms with Gasteiger partial charge in [-0.2, -0.15) is 0 Å². The number of piperidine rings is 1. The van der Waals surface area contributed by atoms with Crippen LogP contribution in [0.25, 0.3) is 11.1 Å². The van der Waals surface area contributed by atoms with Crippen LogP contribution in [0.15, 0.2) is 42.5 Å². The number of amides is 2. The number of hydrogen-bond acceptors (Lipinski definition) is 3. The first-order valence-electron chi connectivity index (χ1n) is 10.7. The van der Waals surface area contributed by atoms with Crippen molar-refractivity contribution in [3.8, 4) is 11.1 Å². The minimum Gasteiger partial charge on any atom is -0.324 e. The van der Waals surface area contributed by atoms with E-state index in [1.54, 1.807) is 25.7 Å². The van der Waals surface area contributed by atoms with E-state index in [2.05, 4.69) is 42.1 Å². The van der Waals surface area contributed by atoms with Crippen LogP contribution in [0.5, 0.6) is 0 Å². The number of nitrogens with one attached hydrogen (secondary N) is 2. The molecule has 0 bridgehead atoms. The fourth-order valence-electron chi connectivity index (χ4n) is 3.47. The highest BCUT2D eigenvalue weighted by Crippen LogP contribution is 2.24. The Balaban J connectivity index is 1.55. The van der Waals surface area contributed by atoms with Gasteiger partial charge in [-0.15, -0.1) is 0 Å². The Labute approximate surface area is 186 Å². The number of benzene rings is 2. The van der Waals surface area contributed by atoms with Crippen LogP contribution in [0.2, 0.25) is 0 Å². The van der Waals surface area contributed by atoms with Crippen molar-refractivity contribution >= 4 is 21.7 Å². The van der Waals surface area contributed by atoms with E-state index in [1.165, 1.54) is 11.1 Å². The van der Waals surface area contributed by atoms with Crippen molar-refractivity contribution in [3.05, 3.63) is 53.6 Å². The standard InChI is InChI=1S/C24H33N3O3S/c1-17-6-7-20(16-18(17)2)19-8-10-21(11-9-19)25-23(28)27-14-12-22(13-15-27)26-31(29,30)24(3,4)5/h6-11,16,22,26H,12-15H2,1-5H3,(H,25,28). The van der Waals surface area contributed by atoms with E-state index in [1.807, 2.05) is 24.3 Å². The third-order valence-electron chi connectivity index (χ3n) is 5.89. The summed E-state index contributed by atoms with van der Waals surface area (Å²) in [6.45, 7) is 10.3. The first kappa shape index (κ1) is 23.3. The van der Waals surface area contributed by atoms with Crippen LogP contribution in [0.3, 0.4) is 0 Å².